The molecule has 4 rings (SSSR count). The molecule has 0 saturated carbocycles. The predicted molar refractivity (Wildman–Crippen MR) is 121 cm³/mol. The number of aromatic nitrogens is 5. The van der Waals surface area contributed by atoms with Gasteiger partial charge >= 0.3 is 0 Å². The van der Waals surface area contributed by atoms with E-state index in [1.807, 2.05) is 53.4 Å². The molecular weight excluding hydrogens is 440 g/mol. The molecule has 0 atom stereocenters. The average molecular weight is 459 g/mol. The van der Waals surface area contributed by atoms with Crippen LogP contribution in [0.15, 0.2) is 53.0 Å². The molecule has 4 aromatic rings. The van der Waals surface area contributed by atoms with Crippen molar-refractivity contribution in [1.29, 1.82) is 0 Å². The Hall–Kier alpha value is -2.62. The van der Waals surface area contributed by atoms with Crippen LogP contribution in [0.2, 0.25) is 5.02 Å². The van der Waals surface area contributed by atoms with E-state index in [0.717, 1.165) is 23.5 Å². The fraction of sp³-hybridized carbons (Fsp3) is 0.200. The zero-order valence-corrected chi connectivity index (χ0v) is 18.8. The quantitative estimate of drug-likeness (QED) is 0.419. The Balaban J connectivity index is 1.36. The number of anilines is 1. The number of hydrogen-bond donors (Lipinski definition) is 1. The van der Waals surface area contributed by atoms with Crippen molar-refractivity contribution in [2.45, 2.75) is 11.6 Å². The number of amides is 1. The van der Waals surface area contributed by atoms with Crippen molar-refractivity contribution in [2.75, 3.05) is 11.1 Å². The number of carbonyl (C=O) groups excluding carboxylic acids is 1. The first kappa shape index (κ1) is 20.6. The lowest BCUT2D eigenvalue weighted by molar-refractivity contribution is -0.113. The normalized spacial score (nSPS) is 11.0. The molecule has 0 saturated heterocycles. The second-order valence-corrected chi connectivity index (χ2v) is 9.01. The maximum absolute atomic E-state index is 12.5. The Bertz CT molecular complexity index is 1150. The zero-order chi connectivity index (χ0) is 21.1. The summed E-state index contributed by atoms with van der Waals surface area (Å²) in [5.74, 6) is 1.60. The molecule has 0 aliphatic carbocycles. The lowest BCUT2D eigenvalue weighted by Crippen LogP contribution is -2.16. The van der Waals surface area contributed by atoms with Gasteiger partial charge in [-0.2, -0.15) is 5.10 Å². The SMILES string of the molecule is Cn1nc(-c2ccc(Cl)cc2)cc1NC(=O)CSc1nnc(Cc2cccs2)n1C. The average Bonchev–Trinajstić information content (AvgIpc) is 3.45. The second kappa shape index (κ2) is 9.03. The van der Waals surface area contributed by atoms with E-state index in [9.17, 15) is 4.79 Å². The molecule has 3 heterocycles. The predicted octanol–water partition coefficient (Wildman–Crippen LogP) is 4.25. The highest BCUT2D eigenvalue weighted by Gasteiger charge is 2.14. The summed E-state index contributed by atoms with van der Waals surface area (Å²) in [4.78, 5) is 13.7. The summed E-state index contributed by atoms with van der Waals surface area (Å²) in [5, 5.41) is 19.3. The van der Waals surface area contributed by atoms with Gasteiger partial charge in [-0.25, -0.2) is 0 Å². The highest BCUT2D eigenvalue weighted by Crippen LogP contribution is 2.24. The summed E-state index contributed by atoms with van der Waals surface area (Å²) in [5.41, 5.74) is 1.70. The van der Waals surface area contributed by atoms with Gasteiger partial charge in [0.25, 0.3) is 0 Å². The molecule has 0 aliphatic rings. The van der Waals surface area contributed by atoms with Gasteiger partial charge in [0.15, 0.2) is 5.16 Å². The fourth-order valence-electron chi connectivity index (χ4n) is 2.85. The van der Waals surface area contributed by atoms with Gasteiger partial charge in [-0.1, -0.05) is 41.6 Å². The molecule has 10 heteroatoms. The minimum Gasteiger partial charge on any atom is -0.310 e. The Morgan fingerprint density at radius 1 is 1.20 bits per heavy atom. The largest absolute Gasteiger partial charge is 0.310 e. The number of nitrogens with zero attached hydrogens (tertiary/aromatic N) is 5. The molecule has 0 radical (unpaired) electrons. The standard InChI is InChI=1S/C20H19ClN6OS2/c1-26-18(10-15-4-3-9-29-15)23-24-20(26)30-12-19(28)22-17-11-16(25-27(17)2)13-5-7-14(21)8-6-13/h3-9,11H,10,12H2,1-2H3,(H,22,28). The Kier molecular flexibility index (Phi) is 6.21. The van der Waals surface area contributed by atoms with Crippen LogP contribution in [0.3, 0.4) is 0 Å². The summed E-state index contributed by atoms with van der Waals surface area (Å²) in [6.07, 6.45) is 0.733. The number of thiophene rings is 1. The van der Waals surface area contributed by atoms with Crippen LogP contribution in [-0.4, -0.2) is 36.2 Å². The van der Waals surface area contributed by atoms with Crippen molar-refractivity contribution in [3.63, 3.8) is 0 Å². The zero-order valence-electron chi connectivity index (χ0n) is 16.4. The highest BCUT2D eigenvalue weighted by molar-refractivity contribution is 7.99. The molecule has 1 N–H and O–H groups in total. The molecule has 0 unspecified atom stereocenters. The summed E-state index contributed by atoms with van der Waals surface area (Å²) in [6, 6.07) is 13.4. The van der Waals surface area contributed by atoms with Crippen molar-refractivity contribution in [3.05, 3.63) is 63.6 Å². The third kappa shape index (κ3) is 4.75. The number of thioether (sulfide) groups is 1. The number of carbonyl (C=O) groups is 1. The van der Waals surface area contributed by atoms with Crippen molar-refractivity contribution < 1.29 is 4.79 Å². The van der Waals surface area contributed by atoms with E-state index < -0.39 is 0 Å². The molecule has 154 valence electrons. The number of nitrogens with one attached hydrogen (secondary N) is 1. The molecular formula is C20H19ClN6OS2. The van der Waals surface area contributed by atoms with E-state index in [-0.39, 0.29) is 11.7 Å². The van der Waals surface area contributed by atoms with Crippen molar-refractivity contribution in [3.8, 4) is 11.3 Å². The van der Waals surface area contributed by atoms with E-state index in [0.29, 0.717) is 16.0 Å². The Morgan fingerprint density at radius 2 is 2.00 bits per heavy atom. The number of halogens is 1. The molecule has 0 fully saturated rings. The molecule has 1 aromatic carbocycles. The number of rotatable bonds is 7. The van der Waals surface area contributed by atoms with E-state index in [4.69, 9.17) is 11.6 Å². The van der Waals surface area contributed by atoms with Gasteiger partial charge in [0.1, 0.15) is 11.6 Å². The third-order valence-corrected chi connectivity index (χ3v) is 6.61. The molecule has 1 amide bonds. The first-order valence-corrected chi connectivity index (χ1v) is 11.4. The summed E-state index contributed by atoms with van der Waals surface area (Å²) in [6.45, 7) is 0. The smallest absolute Gasteiger partial charge is 0.235 e. The second-order valence-electron chi connectivity index (χ2n) is 6.60. The van der Waals surface area contributed by atoms with Crippen LogP contribution in [0, 0.1) is 0 Å². The maximum Gasteiger partial charge on any atom is 0.235 e. The molecule has 7 nitrogen and oxygen atoms in total. The first-order chi connectivity index (χ1) is 14.5. The van der Waals surface area contributed by atoms with E-state index >= 15 is 0 Å². The Morgan fingerprint density at radius 3 is 2.73 bits per heavy atom. The minimum absolute atomic E-state index is 0.131. The molecule has 3 aromatic heterocycles. The molecule has 0 spiro atoms. The van der Waals surface area contributed by atoms with Gasteiger partial charge in [-0.15, -0.1) is 21.5 Å². The monoisotopic (exact) mass is 458 g/mol. The molecule has 0 bridgehead atoms. The van der Waals surface area contributed by atoms with Gasteiger partial charge in [0.05, 0.1) is 11.4 Å². The van der Waals surface area contributed by atoms with Crippen LogP contribution >= 0.6 is 34.7 Å². The first-order valence-electron chi connectivity index (χ1n) is 9.13. The van der Waals surface area contributed by atoms with Gasteiger partial charge in [0.2, 0.25) is 5.91 Å². The van der Waals surface area contributed by atoms with Crippen LogP contribution in [0.25, 0.3) is 11.3 Å². The van der Waals surface area contributed by atoms with Crippen molar-refractivity contribution in [1.82, 2.24) is 24.5 Å². The summed E-state index contributed by atoms with van der Waals surface area (Å²) < 4.78 is 3.58. The molecule has 30 heavy (non-hydrogen) atoms. The number of hydrogen-bond acceptors (Lipinski definition) is 6. The van der Waals surface area contributed by atoms with Crippen LogP contribution < -0.4 is 5.32 Å². The Labute approximate surface area is 187 Å². The number of aryl methyl sites for hydroxylation is 1. The highest BCUT2D eigenvalue weighted by atomic mass is 35.5. The topological polar surface area (TPSA) is 77.6 Å². The van der Waals surface area contributed by atoms with Gasteiger partial charge < -0.3 is 9.88 Å². The van der Waals surface area contributed by atoms with E-state index in [2.05, 4.69) is 26.7 Å². The maximum atomic E-state index is 12.5. The van der Waals surface area contributed by atoms with Crippen LogP contribution in [0.4, 0.5) is 5.82 Å². The number of benzene rings is 1. The van der Waals surface area contributed by atoms with Crippen LogP contribution in [0.5, 0.6) is 0 Å². The van der Waals surface area contributed by atoms with Crippen LogP contribution in [0.1, 0.15) is 10.7 Å². The minimum atomic E-state index is -0.131. The fourth-order valence-corrected chi connectivity index (χ4v) is 4.41. The lowest BCUT2D eigenvalue weighted by Gasteiger charge is -2.05. The van der Waals surface area contributed by atoms with Crippen molar-refractivity contribution >= 4 is 46.4 Å². The third-order valence-electron chi connectivity index (χ3n) is 4.46. The van der Waals surface area contributed by atoms with Gasteiger partial charge in [0, 0.05) is 42.0 Å². The summed E-state index contributed by atoms with van der Waals surface area (Å²) >= 11 is 8.99. The summed E-state index contributed by atoms with van der Waals surface area (Å²) in [7, 11) is 3.71. The van der Waals surface area contributed by atoms with E-state index in [1.54, 1.807) is 23.1 Å². The lowest BCUT2D eigenvalue weighted by atomic mass is 10.1. The van der Waals surface area contributed by atoms with Gasteiger partial charge in [-0.05, 0) is 23.6 Å². The van der Waals surface area contributed by atoms with Crippen molar-refractivity contribution in [2.24, 2.45) is 14.1 Å². The van der Waals surface area contributed by atoms with E-state index in [1.165, 1.54) is 16.6 Å². The van der Waals surface area contributed by atoms with Crippen LogP contribution in [-0.2, 0) is 25.3 Å². The molecule has 0 aliphatic heterocycles. The van der Waals surface area contributed by atoms with Gasteiger partial charge in [-0.3, -0.25) is 9.48 Å².